The molecule has 0 spiro atoms. The number of phenols is 1. The Bertz CT molecular complexity index is 374. The lowest BCUT2D eigenvalue weighted by molar-refractivity contribution is -0.114. The second kappa shape index (κ2) is 3.66. The fourth-order valence-electron chi connectivity index (χ4n) is 1.69. The van der Waals surface area contributed by atoms with Gasteiger partial charge in [0.25, 0.3) is 0 Å². The first kappa shape index (κ1) is 9.00. The van der Waals surface area contributed by atoms with Crippen molar-refractivity contribution >= 4 is 11.4 Å². The molecule has 72 valence electrons. The van der Waals surface area contributed by atoms with Crippen molar-refractivity contribution < 1.29 is 9.90 Å². The Morgan fingerprint density at radius 3 is 2.43 bits per heavy atom. The lowest BCUT2D eigenvalue weighted by atomic mass is 9.93. The maximum absolute atomic E-state index is 11.2. The van der Waals surface area contributed by atoms with Crippen LogP contribution < -0.4 is 0 Å². The van der Waals surface area contributed by atoms with Gasteiger partial charge in [0, 0.05) is 6.42 Å². The molecule has 1 aliphatic carbocycles. The molecule has 0 heterocycles. The standard InChI is InChI=1S/C12H12O2/c13-11-6-4-9(5-7-11)10-2-1-3-12(14)8-10/h4-8,13H,1-3H2. The first-order valence-corrected chi connectivity index (χ1v) is 4.78. The predicted octanol–water partition coefficient (Wildman–Crippen LogP) is 2.53. The molecule has 0 aliphatic heterocycles. The fraction of sp³-hybridized carbons (Fsp3) is 0.250. The monoisotopic (exact) mass is 188 g/mol. The highest BCUT2D eigenvalue weighted by molar-refractivity contribution is 5.98. The molecular formula is C12H12O2. The van der Waals surface area contributed by atoms with Crippen LogP contribution in [0.15, 0.2) is 30.3 Å². The summed E-state index contributed by atoms with van der Waals surface area (Å²) in [6, 6.07) is 6.99. The highest BCUT2D eigenvalue weighted by Crippen LogP contribution is 2.26. The van der Waals surface area contributed by atoms with Crippen LogP contribution in [0.4, 0.5) is 0 Å². The number of benzene rings is 1. The van der Waals surface area contributed by atoms with Gasteiger partial charge >= 0.3 is 0 Å². The number of aromatic hydroxyl groups is 1. The van der Waals surface area contributed by atoms with E-state index in [1.165, 1.54) is 0 Å². The third-order valence-corrected chi connectivity index (χ3v) is 2.44. The van der Waals surface area contributed by atoms with Crippen molar-refractivity contribution in [3.63, 3.8) is 0 Å². The first-order chi connectivity index (χ1) is 6.75. The Kier molecular flexibility index (Phi) is 2.35. The van der Waals surface area contributed by atoms with E-state index in [9.17, 15) is 4.79 Å². The number of allylic oxidation sites excluding steroid dienone is 2. The van der Waals surface area contributed by atoms with Gasteiger partial charge in [-0.3, -0.25) is 4.79 Å². The van der Waals surface area contributed by atoms with Crippen LogP contribution in [0.25, 0.3) is 5.57 Å². The van der Waals surface area contributed by atoms with Crippen molar-refractivity contribution in [1.29, 1.82) is 0 Å². The van der Waals surface area contributed by atoms with E-state index in [1.54, 1.807) is 18.2 Å². The molecule has 0 radical (unpaired) electrons. The molecule has 0 saturated carbocycles. The van der Waals surface area contributed by atoms with Crippen molar-refractivity contribution in [2.75, 3.05) is 0 Å². The molecule has 0 bridgehead atoms. The quantitative estimate of drug-likeness (QED) is 0.735. The summed E-state index contributed by atoms with van der Waals surface area (Å²) in [6.45, 7) is 0. The largest absolute Gasteiger partial charge is 0.508 e. The van der Waals surface area contributed by atoms with E-state index in [2.05, 4.69) is 0 Å². The SMILES string of the molecule is O=C1C=C(c2ccc(O)cc2)CCC1. The van der Waals surface area contributed by atoms with Crippen molar-refractivity contribution in [1.82, 2.24) is 0 Å². The summed E-state index contributed by atoms with van der Waals surface area (Å²) < 4.78 is 0. The van der Waals surface area contributed by atoms with Crippen LogP contribution in [-0.4, -0.2) is 10.9 Å². The molecule has 1 aromatic rings. The van der Waals surface area contributed by atoms with E-state index in [-0.39, 0.29) is 11.5 Å². The molecule has 0 unspecified atom stereocenters. The van der Waals surface area contributed by atoms with Gasteiger partial charge in [0.2, 0.25) is 0 Å². The maximum atomic E-state index is 11.2. The van der Waals surface area contributed by atoms with Gasteiger partial charge in [-0.05, 0) is 42.2 Å². The lowest BCUT2D eigenvalue weighted by Gasteiger charge is -2.11. The van der Waals surface area contributed by atoms with Crippen LogP contribution in [0.1, 0.15) is 24.8 Å². The maximum Gasteiger partial charge on any atom is 0.155 e. The van der Waals surface area contributed by atoms with Crippen LogP contribution in [0, 0.1) is 0 Å². The second-order valence-corrected chi connectivity index (χ2v) is 3.54. The van der Waals surface area contributed by atoms with Crippen LogP contribution in [-0.2, 0) is 4.79 Å². The van der Waals surface area contributed by atoms with E-state index in [1.807, 2.05) is 12.1 Å². The van der Waals surface area contributed by atoms with Crippen LogP contribution in [0.3, 0.4) is 0 Å². The number of rotatable bonds is 1. The summed E-state index contributed by atoms with van der Waals surface area (Å²) in [7, 11) is 0. The van der Waals surface area contributed by atoms with E-state index >= 15 is 0 Å². The van der Waals surface area contributed by atoms with Gasteiger partial charge in [-0.15, -0.1) is 0 Å². The third-order valence-electron chi connectivity index (χ3n) is 2.44. The van der Waals surface area contributed by atoms with Crippen molar-refractivity contribution in [2.24, 2.45) is 0 Å². The van der Waals surface area contributed by atoms with Crippen LogP contribution in [0.5, 0.6) is 5.75 Å². The Morgan fingerprint density at radius 1 is 1.07 bits per heavy atom. The van der Waals surface area contributed by atoms with E-state index in [0.29, 0.717) is 6.42 Å². The molecule has 14 heavy (non-hydrogen) atoms. The zero-order chi connectivity index (χ0) is 9.97. The smallest absolute Gasteiger partial charge is 0.155 e. The average molecular weight is 188 g/mol. The molecule has 2 nitrogen and oxygen atoms in total. The first-order valence-electron chi connectivity index (χ1n) is 4.78. The summed E-state index contributed by atoms with van der Waals surface area (Å²) in [5, 5.41) is 9.12. The number of phenolic OH excluding ortho intramolecular Hbond substituents is 1. The van der Waals surface area contributed by atoms with Gasteiger partial charge in [-0.2, -0.15) is 0 Å². The number of hydrogen-bond acceptors (Lipinski definition) is 2. The van der Waals surface area contributed by atoms with E-state index < -0.39 is 0 Å². The highest BCUT2D eigenvalue weighted by atomic mass is 16.3. The summed E-state index contributed by atoms with van der Waals surface area (Å²) in [4.78, 5) is 11.2. The van der Waals surface area contributed by atoms with Gasteiger partial charge in [0.15, 0.2) is 5.78 Å². The predicted molar refractivity (Wildman–Crippen MR) is 54.9 cm³/mol. The van der Waals surface area contributed by atoms with Gasteiger partial charge in [-0.25, -0.2) is 0 Å². The molecule has 0 fully saturated rings. The number of carbonyl (C=O) groups is 1. The lowest BCUT2D eigenvalue weighted by Crippen LogP contribution is -2.01. The van der Waals surface area contributed by atoms with Gasteiger partial charge in [0.05, 0.1) is 0 Å². The summed E-state index contributed by atoms with van der Waals surface area (Å²) in [5.74, 6) is 0.468. The van der Waals surface area contributed by atoms with E-state index in [4.69, 9.17) is 5.11 Å². The van der Waals surface area contributed by atoms with Crippen molar-refractivity contribution in [2.45, 2.75) is 19.3 Å². The van der Waals surface area contributed by atoms with Crippen molar-refractivity contribution in [3.05, 3.63) is 35.9 Å². The van der Waals surface area contributed by atoms with Gasteiger partial charge < -0.3 is 5.11 Å². The van der Waals surface area contributed by atoms with E-state index in [0.717, 1.165) is 24.0 Å². The zero-order valence-electron chi connectivity index (χ0n) is 7.86. The third kappa shape index (κ3) is 1.84. The number of hydrogen-bond donors (Lipinski definition) is 1. The summed E-state index contributed by atoms with van der Waals surface area (Å²) >= 11 is 0. The molecular weight excluding hydrogens is 176 g/mol. The zero-order valence-corrected chi connectivity index (χ0v) is 7.86. The molecule has 2 rings (SSSR count). The molecule has 1 aromatic carbocycles. The Morgan fingerprint density at radius 2 is 1.79 bits per heavy atom. The summed E-state index contributed by atoms with van der Waals surface area (Å²) in [6.07, 6.45) is 4.28. The number of ketones is 1. The van der Waals surface area contributed by atoms with Crippen LogP contribution >= 0.6 is 0 Å². The summed E-state index contributed by atoms with van der Waals surface area (Å²) in [5.41, 5.74) is 2.12. The van der Waals surface area contributed by atoms with Gasteiger partial charge in [-0.1, -0.05) is 12.1 Å². The topological polar surface area (TPSA) is 37.3 Å². The number of carbonyl (C=O) groups excluding carboxylic acids is 1. The molecule has 2 heteroatoms. The molecule has 0 saturated heterocycles. The minimum absolute atomic E-state index is 0.208. The normalized spacial score (nSPS) is 16.6. The average Bonchev–Trinajstić information content (AvgIpc) is 2.19. The molecule has 1 N–H and O–H groups in total. The Balaban J connectivity index is 2.30. The Hall–Kier alpha value is -1.57. The molecule has 0 atom stereocenters. The molecule has 0 aromatic heterocycles. The fourth-order valence-corrected chi connectivity index (χ4v) is 1.69. The highest BCUT2D eigenvalue weighted by Gasteiger charge is 2.10. The second-order valence-electron chi connectivity index (χ2n) is 3.54. The Labute approximate surface area is 82.9 Å². The minimum atomic E-state index is 0.208. The van der Waals surface area contributed by atoms with Crippen LogP contribution in [0.2, 0.25) is 0 Å². The van der Waals surface area contributed by atoms with Gasteiger partial charge in [0.1, 0.15) is 5.75 Å². The van der Waals surface area contributed by atoms with Crippen molar-refractivity contribution in [3.8, 4) is 5.75 Å². The molecule has 1 aliphatic rings. The molecule has 0 amide bonds. The minimum Gasteiger partial charge on any atom is -0.508 e.